The van der Waals surface area contributed by atoms with Gasteiger partial charge in [-0.15, -0.1) is 5.10 Å². The van der Waals surface area contributed by atoms with E-state index >= 15 is 0 Å². The van der Waals surface area contributed by atoms with Gasteiger partial charge in [0.05, 0.1) is 24.0 Å². The summed E-state index contributed by atoms with van der Waals surface area (Å²) in [5.74, 6) is 0.576. The first-order valence-corrected chi connectivity index (χ1v) is 9.69. The number of amides is 1. The van der Waals surface area contributed by atoms with E-state index in [0.29, 0.717) is 23.6 Å². The van der Waals surface area contributed by atoms with Gasteiger partial charge in [0.25, 0.3) is 5.91 Å². The van der Waals surface area contributed by atoms with Crippen molar-refractivity contribution >= 4 is 16.8 Å². The standard InChI is InChI=1S/C23H18N6O2/c1-28(14-20-7-4-10-31-20)23(30)18-11-17(12-19(13-18)29-15-25-26-27-29)21-8-2-5-16-6-3-9-24-22(16)21/h2-13,15H,14H2,1H3. The molecule has 5 aromatic rings. The van der Waals surface area contributed by atoms with Gasteiger partial charge in [0.2, 0.25) is 0 Å². The van der Waals surface area contributed by atoms with E-state index in [1.54, 1.807) is 36.5 Å². The highest BCUT2D eigenvalue weighted by molar-refractivity contribution is 5.99. The third kappa shape index (κ3) is 3.66. The van der Waals surface area contributed by atoms with Crippen LogP contribution in [0.5, 0.6) is 0 Å². The van der Waals surface area contributed by atoms with Crippen molar-refractivity contribution in [3.63, 3.8) is 0 Å². The van der Waals surface area contributed by atoms with Crippen molar-refractivity contribution in [3.05, 3.63) is 90.8 Å². The Morgan fingerprint density at radius 2 is 2.00 bits per heavy atom. The van der Waals surface area contributed by atoms with Gasteiger partial charge in [0.1, 0.15) is 12.1 Å². The summed E-state index contributed by atoms with van der Waals surface area (Å²) in [7, 11) is 1.74. The molecule has 0 saturated heterocycles. The maximum atomic E-state index is 13.2. The minimum absolute atomic E-state index is 0.138. The molecule has 152 valence electrons. The van der Waals surface area contributed by atoms with Crippen LogP contribution in [0.3, 0.4) is 0 Å². The lowest BCUT2D eigenvalue weighted by Gasteiger charge is -2.17. The number of carbonyl (C=O) groups excluding carboxylic acids is 1. The molecular formula is C23H18N6O2. The van der Waals surface area contributed by atoms with Gasteiger partial charge in [-0.05, 0) is 52.4 Å². The Kier molecular flexibility index (Phi) is 4.72. The molecule has 0 aliphatic carbocycles. The summed E-state index contributed by atoms with van der Waals surface area (Å²) >= 11 is 0. The number of rotatable bonds is 5. The summed E-state index contributed by atoms with van der Waals surface area (Å²) in [5, 5.41) is 12.5. The van der Waals surface area contributed by atoms with Crippen LogP contribution in [0.2, 0.25) is 0 Å². The molecular weight excluding hydrogens is 392 g/mol. The number of hydrogen-bond donors (Lipinski definition) is 0. The molecule has 0 fully saturated rings. The first-order chi connectivity index (χ1) is 15.2. The van der Waals surface area contributed by atoms with Crippen LogP contribution in [-0.2, 0) is 6.54 Å². The third-order valence-corrected chi connectivity index (χ3v) is 5.04. The zero-order valence-corrected chi connectivity index (χ0v) is 16.7. The molecule has 5 rings (SSSR count). The van der Waals surface area contributed by atoms with Crippen LogP contribution < -0.4 is 0 Å². The number of hydrogen-bond acceptors (Lipinski definition) is 6. The molecule has 3 heterocycles. The van der Waals surface area contributed by atoms with E-state index in [9.17, 15) is 4.79 Å². The Morgan fingerprint density at radius 1 is 1.10 bits per heavy atom. The monoisotopic (exact) mass is 410 g/mol. The Morgan fingerprint density at radius 3 is 2.81 bits per heavy atom. The molecule has 0 radical (unpaired) electrons. The van der Waals surface area contributed by atoms with Crippen LogP contribution in [0.15, 0.2) is 83.9 Å². The van der Waals surface area contributed by atoms with Crippen LogP contribution in [0.4, 0.5) is 0 Å². The van der Waals surface area contributed by atoms with Crippen molar-refractivity contribution in [2.45, 2.75) is 6.54 Å². The molecule has 1 amide bonds. The van der Waals surface area contributed by atoms with Gasteiger partial charge in [0, 0.05) is 29.8 Å². The highest BCUT2D eigenvalue weighted by Crippen LogP contribution is 2.30. The van der Waals surface area contributed by atoms with Crippen LogP contribution >= 0.6 is 0 Å². The number of pyridine rings is 1. The van der Waals surface area contributed by atoms with Crippen molar-refractivity contribution in [2.75, 3.05) is 7.05 Å². The summed E-state index contributed by atoms with van der Waals surface area (Å²) < 4.78 is 6.91. The summed E-state index contributed by atoms with van der Waals surface area (Å²) in [6, 6.07) is 19.2. The number of fused-ring (bicyclic) bond motifs is 1. The maximum absolute atomic E-state index is 13.2. The molecule has 8 heteroatoms. The number of benzene rings is 2. The van der Waals surface area contributed by atoms with Crippen LogP contribution in [0.25, 0.3) is 27.7 Å². The number of nitrogens with zero attached hydrogens (tertiary/aromatic N) is 6. The number of furan rings is 1. The Balaban J connectivity index is 1.62. The van der Waals surface area contributed by atoms with Gasteiger partial charge in [0.15, 0.2) is 0 Å². The van der Waals surface area contributed by atoms with E-state index in [0.717, 1.165) is 22.0 Å². The number of aromatic nitrogens is 5. The molecule has 8 nitrogen and oxygen atoms in total. The maximum Gasteiger partial charge on any atom is 0.254 e. The molecule has 31 heavy (non-hydrogen) atoms. The van der Waals surface area contributed by atoms with Crippen LogP contribution in [0.1, 0.15) is 16.1 Å². The quantitative estimate of drug-likeness (QED) is 0.438. The summed E-state index contributed by atoms with van der Waals surface area (Å²) in [5.41, 5.74) is 3.85. The zero-order valence-electron chi connectivity index (χ0n) is 16.7. The number of tetrazole rings is 1. The lowest BCUT2D eigenvalue weighted by atomic mass is 9.98. The lowest BCUT2D eigenvalue weighted by molar-refractivity contribution is 0.0775. The first-order valence-electron chi connectivity index (χ1n) is 9.69. The fourth-order valence-corrected chi connectivity index (χ4v) is 3.57. The van der Waals surface area contributed by atoms with E-state index in [-0.39, 0.29) is 5.91 Å². The number of para-hydroxylation sites is 1. The minimum atomic E-state index is -0.138. The van der Waals surface area contributed by atoms with Crippen LogP contribution in [0, 0.1) is 0 Å². The molecule has 0 atom stereocenters. The van der Waals surface area contributed by atoms with Gasteiger partial charge in [-0.2, -0.15) is 0 Å². The van der Waals surface area contributed by atoms with Gasteiger partial charge >= 0.3 is 0 Å². The first kappa shape index (κ1) is 18.7. The van der Waals surface area contributed by atoms with E-state index in [4.69, 9.17) is 4.42 Å². The Hall–Kier alpha value is -4.33. The van der Waals surface area contributed by atoms with Gasteiger partial charge in [-0.1, -0.05) is 24.3 Å². The van der Waals surface area contributed by atoms with Gasteiger partial charge in [-0.25, -0.2) is 4.68 Å². The lowest BCUT2D eigenvalue weighted by Crippen LogP contribution is -2.26. The highest BCUT2D eigenvalue weighted by Gasteiger charge is 2.17. The zero-order chi connectivity index (χ0) is 21.2. The molecule has 0 saturated carbocycles. The van der Waals surface area contributed by atoms with E-state index in [1.807, 2.05) is 48.5 Å². The fraction of sp³-hybridized carbons (Fsp3) is 0.0870. The van der Waals surface area contributed by atoms with Crippen molar-refractivity contribution in [1.82, 2.24) is 30.1 Å². The molecule has 3 aromatic heterocycles. The second-order valence-electron chi connectivity index (χ2n) is 7.14. The SMILES string of the molecule is CN(Cc1ccco1)C(=O)c1cc(-c2cccc3cccnc23)cc(-n2cnnn2)c1. The average Bonchev–Trinajstić information content (AvgIpc) is 3.52. The third-order valence-electron chi connectivity index (χ3n) is 5.04. The van der Waals surface area contributed by atoms with Gasteiger partial charge in [-0.3, -0.25) is 9.78 Å². The molecule has 2 aromatic carbocycles. The second-order valence-corrected chi connectivity index (χ2v) is 7.14. The predicted octanol–water partition coefficient (Wildman–Crippen LogP) is 3.74. The van der Waals surface area contributed by atoms with Crippen molar-refractivity contribution in [2.24, 2.45) is 0 Å². The predicted molar refractivity (Wildman–Crippen MR) is 114 cm³/mol. The number of carbonyl (C=O) groups is 1. The highest BCUT2D eigenvalue weighted by atomic mass is 16.3. The summed E-state index contributed by atoms with van der Waals surface area (Å²) in [6.07, 6.45) is 4.86. The Bertz CT molecular complexity index is 1340. The van der Waals surface area contributed by atoms with Crippen molar-refractivity contribution in [1.29, 1.82) is 0 Å². The van der Waals surface area contributed by atoms with E-state index in [2.05, 4.69) is 20.5 Å². The van der Waals surface area contributed by atoms with Crippen molar-refractivity contribution in [3.8, 4) is 16.8 Å². The van der Waals surface area contributed by atoms with Crippen molar-refractivity contribution < 1.29 is 9.21 Å². The largest absolute Gasteiger partial charge is 0.467 e. The fourth-order valence-electron chi connectivity index (χ4n) is 3.57. The second kappa shape index (κ2) is 7.83. The normalized spacial score (nSPS) is 11.0. The Labute approximate surface area is 177 Å². The molecule has 0 N–H and O–H groups in total. The minimum Gasteiger partial charge on any atom is -0.467 e. The van der Waals surface area contributed by atoms with Crippen LogP contribution in [-0.4, -0.2) is 43.0 Å². The van der Waals surface area contributed by atoms with E-state index < -0.39 is 0 Å². The molecule has 0 unspecified atom stereocenters. The molecule has 0 spiro atoms. The summed E-state index contributed by atoms with van der Waals surface area (Å²) in [6.45, 7) is 0.367. The molecule has 0 aliphatic heterocycles. The smallest absolute Gasteiger partial charge is 0.254 e. The molecule has 0 aliphatic rings. The topological polar surface area (TPSA) is 89.9 Å². The van der Waals surface area contributed by atoms with Gasteiger partial charge < -0.3 is 9.32 Å². The average molecular weight is 410 g/mol. The molecule has 0 bridgehead atoms. The summed E-state index contributed by atoms with van der Waals surface area (Å²) in [4.78, 5) is 19.4. The van der Waals surface area contributed by atoms with E-state index in [1.165, 1.54) is 11.0 Å².